The topological polar surface area (TPSA) is 110 Å². The molecule has 138 valence electrons. The largest absolute Gasteiger partial charge is 0.444 e. The van der Waals surface area contributed by atoms with E-state index in [1.54, 1.807) is 27.7 Å². The van der Waals surface area contributed by atoms with E-state index in [9.17, 15) is 24.5 Å². The van der Waals surface area contributed by atoms with E-state index in [4.69, 9.17) is 4.74 Å². The fraction of sp³-hybridized carbons (Fsp3) is 0.471. The van der Waals surface area contributed by atoms with Crippen LogP contribution in [0.3, 0.4) is 0 Å². The van der Waals surface area contributed by atoms with E-state index in [2.05, 4.69) is 0 Å². The van der Waals surface area contributed by atoms with Gasteiger partial charge in [0.05, 0.1) is 16.0 Å². The lowest BCUT2D eigenvalue weighted by molar-refractivity contribution is -0.385. The number of carbonyl (C=O) groups is 3. The number of rotatable bonds is 2. The van der Waals surface area contributed by atoms with Crippen molar-refractivity contribution in [1.29, 1.82) is 0 Å². The molecule has 1 saturated heterocycles. The van der Waals surface area contributed by atoms with Gasteiger partial charge in [0.1, 0.15) is 11.2 Å². The Balaban J connectivity index is 1.83. The SMILES string of the molecule is CC(C)(C)OC(=O)N1CC(C)(N2C(=O)c3cccc([N+](=O)[O-])c3C2=O)C1. The Hall–Kier alpha value is -2.97. The molecule has 3 amide bonds. The van der Waals surface area contributed by atoms with E-state index in [0.717, 1.165) is 4.90 Å². The molecule has 0 aliphatic carbocycles. The van der Waals surface area contributed by atoms with Crippen LogP contribution in [0, 0.1) is 10.1 Å². The van der Waals surface area contributed by atoms with Crippen molar-refractivity contribution in [2.24, 2.45) is 0 Å². The van der Waals surface area contributed by atoms with Gasteiger partial charge in [-0.15, -0.1) is 0 Å². The lowest BCUT2D eigenvalue weighted by Gasteiger charge is -2.51. The molecule has 0 radical (unpaired) electrons. The second kappa shape index (κ2) is 5.52. The van der Waals surface area contributed by atoms with Crippen LogP contribution < -0.4 is 0 Å². The lowest BCUT2D eigenvalue weighted by atomic mass is 9.90. The van der Waals surface area contributed by atoms with Crippen LogP contribution in [-0.2, 0) is 4.74 Å². The third-order valence-corrected chi connectivity index (χ3v) is 4.34. The van der Waals surface area contributed by atoms with E-state index < -0.39 is 39.7 Å². The molecular weight excluding hydrogens is 342 g/mol. The number of hydrogen-bond donors (Lipinski definition) is 0. The molecule has 0 saturated carbocycles. The third kappa shape index (κ3) is 2.69. The van der Waals surface area contributed by atoms with Crippen LogP contribution in [0.25, 0.3) is 0 Å². The fourth-order valence-electron chi connectivity index (χ4n) is 3.28. The Morgan fingerprint density at radius 2 is 1.85 bits per heavy atom. The van der Waals surface area contributed by atoms with Crippen LogP contribution in [0.1, 0.15) is 48.4 Å². The molecule has 0 aromatic heterocycles. The van der Waals surface area contributed by atoms with Gasteiger partial charge >= 0.3 is 6.09 Å². The molecule has 2 heterocycles. The normalized spacial score (nSPS) is 18.5. The summed E-state index contributed by atoms with van der Waals surface area (Å²) in [6.07, 6.45) is -0.530. The predicted octanol–water partition coefficient (Wildman–Crippen LogP) is 2.20. The summed E-state index contributed by atoms with van der Waals surface area (Å²) in [7, 11) is 0. The summed E-state index contributed by atoms with van der Waals surface area (Å²) >= 11 is 0. The van der Waals surface area contributed by atoms with Crippen LogP contribution >= 0.6 is 0 Å². The number of benzene rings is 1. The van der Waals surface area contributed by atoms with Crippen molar-refractivity contribution in [2.45, 2.75) is 38.8 Å². The van der Waals surface area contributed by atoms with Crippen molar-refractivity contribution in [1.82, 2.24) is 9.80 Å². The van der Waals surface area contributed by atoms with E-state index in [-0.39, 0.29) is 24.2 Å². The molecule has 9 heteroatoms. The second-order valence-corrected chi connectivity index (χ2v) is 7.74. The van der Waals surface area contributed by atoms with E-state index in [0.29, 0.717) is 0 Å². The Labute approximate surface area is 149 Å². The summed E-state index contributed by atoms with van der Waals surface area (Å²) in [5.74, 6) is -1.29. The maximum absolute atomic E-state index is 12.7. The van der Waals surface area contributed by atoms with Crippen molar-refractivity contribution in [3.05, 3.63) is 39.4 Å². The number of hydrogen-bond acceptors (Lipinski definition) is 6. The molecule has 0 atom stereocenters. The molecule has 26 heavy (non-hydrogen) atoms. The molecule has 1 fully saturated rings. The molecule has 0 spiro atoms. The van der Waals surface area contributed by atoms with Gasteiger partial charge in [0.25, 0.3) is 17.5 Å². The maximum atomic E-state index is 12.7. The average molecular weight is 361 g/mol. The first-order valence-electron chi connectivity index (χ1n) is 8.09. The smallest absolute Gasteiger partial charge is 0.410 e. The number of carbonyl (C=O) groups excluding carboxylic acids is 3. The van der Waals surface area contributed by atoms with Crippen LogP contribution in [0.4, 0.5) is 10.5 Å². The van der Waals surface area contributed by atoms with Crippen molar-refractivity contribution < 1.29 is 24.0 Å². The molecule has 9 nitrogen and oxygen atoms in total. The van der Waals surface area contributed by atoms with Crippen LogP contribution in [0.2, 0.25) is 0 Å². The van der Waals surface area contributed by atoms with Gasteiger partial charge in [-0.1, -0.05) is 6.07 Å². The van der Waals surface area contributed by atoms with Gasteiger partial charge in [0.2, 0.25) is 0 Å². The van der Waals surface area contributed by atoms with Gasteiger partial charge in [-0.3, -0.25) is 24.6 Å². The molecule has 0 unspecified atom stereocenters. The Kier molecular flexibility index (Phi) is 3.78. The highest BCUT2D eigenvalue weighted by atomic mass is 16.6. The predicted molar refractivity (Wildman–Crippen MR) is 89.8 cm³/mol. The zero-order valence-corrected chi connectivity index (χ0v) is 14.9. The number of nitro groups is 1. The second-order valence-electron chi connectivity index (χ2n) is 7.74. The number of likely N-dealkylation sites (tertiary alicyclic amines) is 1. The van der Waals surface area contributed by atoms with Crippen LogP contribution in [0.5, 0.6) is 0 Å². The zero-order valence-electron chi connectivity index (χ0n) is 14.9. The van der Waals surface area contributed by atoms with E-state index >= 15 is 0 Å². The van der Waals surface area contributed by atoms with Gasteiger partial charge in [-0.05, 0) is 33.8 Å². The van der Waals surface area contributed by atoms with Crippen molar-refractivity contribution in [3.8, 4) is 0 Å². The first kappa shape index (κ1) is 17.8. The molecule has 2 aliphatic rings. The molecular formula is C17H19N3O6. The molecule has 3 rings (SSSR count). The van der Waals surface area contributed by atoms with Crippen molar-refractivity contribution >= 4 is 23.6 Å². The molecule has 2 aliphatic heterocycles. The van der Waals surface area contributed by atoms with Gasteiger partial charge in [-0.2, -0.15) is 0 Å². The average Bonchev–Trinajstić information content (AvgIpc) is 2.74. The summed E-state index contributed by atoms with van der Waals surface area (Å²) in [6, 6.07) is 3.97. The number of amides is 3. The molecule has 1 aromatic carbocycles. The lowest BCUT2D eigenvalue weighted by Crippen LogP contribution is -2.71. The number of nitro benzene ring substituents is 1. The fourth-order valence-corrected chi connectivity index (χ4v) is 3.28. The summed E-state index contributed by atoms with van der Waals surface area (Å²) < 4.78 is 5.27. The number of imide groups is 1. The molecule has 1 aromatic rings. The van der Waals surface area contributed by atoms with Gasteiger partial charge < -0.3 is 9.64 Å². The number of fused-ring (bicyclic) bond motifs is 1. The number of nitrogens with zero attached hydrogens (tertiary/aromatic N) is 3. The van der Waals surface area contributed by atoms with Gasteiger partial charge in [0.15, 0.2) is 0 Å². The minimum absolute atomic E-state index is 0.0149. The highest BCUT2D eigenvalue weighted by Crippen LogP contribution is 2.38. The Morgan fingerprint density at radius 1 is 1.23 bits per heavy atom. The highest BCUT2D eigenvalue weighted by molar-refractivity contribution is 6.23. The summed E-state index contributed by atoms with van der Waals surface area (Å²) in [5, 5.41) is 11.2. The maximum Gasteiger partial charge on any atom is 0.410 e. The summed E-state index contributed by atoms with van der Waals surface area (Å²) in [6.45, 7) is 7.12. The van der Waals surface area contributed by atoms with E-state index in [1.807, 2.05) is 0 Å². The number of ether oxygens (including phenoxy) is 1. The quantitative estimate of drug-likeness (QED) is 0.454. The summed E-state index contributed by atoms with van der Waals surface area (Å²) in [5.41, 5.74) is -2.16. The summed E-state index contributed by atoms with van der Waals surface area (Å²) in [4.78, 5) is 50.4. The minimum atomic E-state index is -0.933. The van der Waals surface area contributed by atoms with Gasteiger partial charge in [-0.25, -0.2) is 4.79 Å². The Morgan fingerprint density at radius 3 is 2.38 bits per heavy atom. The van der Waals surface area contributed by atoms with Crippen LogP contribution in [0.15, 0.2) is 18.2 Å². The standard InChI is InChI=1S/C17H19N3O6/c1-16(2,3)26-15(23)18-8-17(4,9-18)19-13(21)10-6-5-7-11(20(24)25)12(10)14(19)22/h5-7H,8-9H2,1-4H3. The van der Waals surface area contributed by atoms with Crippen molar-refractivity contribution in [3.63, 3.8) is 0 Å². The highest BCUT2D eigenvalue weighted by Gasteiger charge is 2.55. The van der Waals surface area contributed by atoms with Gasteiger partial charge in [0, 0.05) is 19.2 Å². The molecule has 0 bridgehead atoms. The van der Waals surface area contributed by atoms with Crippen LogP contribution in [-0.4, -0.2) is 56.9 Å². The first-order chi connectivity index (χ1) is 11.9. The van der Waals surface area contributed by atoms with E-state index in [1.165, 1.54) is 23.1 Å². The first-order valence-corrected chi connectivity index (χ1v) is 8.09. The Bertz CT molecular complexity index is 835. The van der Waals surface area contributed by atoms with Crippen molar-refractivity contribution in [2.75, 3.05) is 13.1 Å². The zero-order chi connectivity index (χ0) is 19.4. The minimum Gasteiger partial charge on any atom is -0.444 e. The third-order valence-electron chi connectivity index (χ3n) is 4.34. The monoisotopic (exact) mass is 361 g/mol. The molecule has 0 N–H and O–H groups in total.